The SMILES string of the molecule is CC1(C)CCC(C)(C)C2CC(c3csc(N4CCC(=O)CC4)n3)=CC=C21. The first kappa shape index (κ1) is 18.0. The van der Waals surface area contributed by atoms with Crippen molar-refractivity contribution in [3.05, 3.63) is 28.8 Å². The molecular weight excluding hydrogens is 340 g/mol. The average Bonchev–Trinajstić information content (AvgIpc) is 3.09. The highest BCUT2D eigenvalue weighted by atomic mass is 32.1. The Bertz CT molecular complexity index is 774. The number of fused-ring (bicyclic) bond motifs is 1. The molecule has 0 radical (unpaired) electrons. The number of allylic oxidation sites excluding steroid dienone is 4. The summed E-state index contributed by atoms with van der Waals surface area (Å²) in [5, 5.41) is 3.28. The van der Waals surface area contributed by atoms with Gasteiger partial charge in [-0.3, -0.25) is 4.79 Å². The number of Topliss-reactive ketones (excluding diaryl/α,β-unsaturated/α-hetero) is 1. The zero-order valence-corrected chi connectivity index (χ0v) is 17.3. The maximum absolute atomic E-state index is 11.5. The lowest BCUT2D eigenvalue weighted by atomic mass is 9.55. The summed E-state index contributed by atoms with van der Waals surface area (Å²) >= 11 is 1.72. The van der Waals surface area contributed by atoms with E-state index >= 15 is 0 Å². The first-order valence-electron chi connectivity index (χ1n) is 9.90. The van der Waals surface area contributed by atoms with Crippen LogP contribution < -0.4 is 4.90 Å². The van der Waals surface area contributed by atoms with Crippen LogP contribution in [0.5, 0.6) is 0 Å². The van der Waals surface area contributed by atoms with Gasteiger partial charge in [0.15, 0.2) is 5.13 Å². The molecule has 0 bridgehead atoms. The van der Waals surface area contributed by atoms with Gasteiger partial charge < -0.3 is 4.90 Å². The third-order valence-corrected chi connectivity index (χ3v) is 7.70. The van der Waals surface area contributed by atoms with Crippen LogP contribution in [0.2, 0.25) is 0 Å². The van der Waals surface area contributed by atoms with E-state index in [0.29, 0.717) is 35.4 Å². The largest absolute Gasteiger partial charge is 0.347 e. The van der Waals surface area contributed by atoms with Gasteiger partial charge >= 0.3 is 0 Å². The minimum Gasteiger partial charge on any atom is -0.347 e. The lowest BCUT2D eigenvalue weighted by Crippen LogP contribution is -2.39. The Morgan fingerprint density at radius 3 is 2.58 bits per heavy atom. The van der Waals surface area contributed by atoms with Gasteiger partial charge in [-0.05, 0) is 41.6 Å². The molecule has 3 nitrogen and oxygen atoms in total. The molecule has 140 valence electrons. The van der Waals surface area contributed by atoms with Crippen LogP contribution in [0, 0.1) is 16.7 Å². The van der Waals surface area contributed by atoms with Crippen molar-refractivity contribution in [2.24, 2.45) is 16.7 Å². The number of rotatable bonds is 2. The summed E-state index contributed by atoms with van der Waals surface area (Å²) in [7, 11) is 0. The van der Waals surface area contributed by atoms with Gasteiger partial charge in [0.2, 0.25) is 0 Å². The predicted octanol–water partition coefficient (Wildman–Crippen LogP) is 5.49. The second-order valence-corrected chi connectivity index (χ2v) is 10.3. The maximum Gasteiger partial charge on any atom is 0.185 e. The molecule has 1 aliphatic heterocycles. The van der Waals surface area contributed by atoms with Crippen molar-refractivity contribution in [2.75, 3.05) is 18.0 Å². The predicted molar refractivity (Wildman–Crippen MR) is 110 cm³/mol. The van der Waals surface area contributed by atoms with Gasteiger partial charge in [-0.2, -0.15) is 0 Å². The molecular formula is C22H30N2OS. The highest BCUT2D eigenvalue weighted by molar-refractivity contribution is 7.13. The number of piperidine rings is 1. The van der Waals surface area contributed by atoms with Gasteiger partial charge in [-0.1, -0.05) is 45.4 Å². The van der Waals surface area contributed by atoms with E-state index in [9.17, 15) is 4.79 Å². The van der Waals surface area contributed by atoms with Crippen molar-refractivity contribution in [1.82, 2.24) is 4.98 Å². The van der Waals surface area contributed by atoms with E-state index in [2.05, 4.69) is 50.1 Å². The summed E-state index contributed by atoms with van der Waals surface area (Å²) in [6, 6.07) is 0. The molecule has 0 aromatic carbocycles. The number of hydrogen-bond donors (Lipinski definition) is 0. The summed E-state index contributed by atoms with van der Waals surface area (Å²) in [4.78, 5) is 18.7. The van der Waals surface area contributed by atoms with Crippen LogP contribution in [0.3, 0.4) is 0 Å². The Balaban J connectivity index is 1.58. The molecule has 1 aromatic rings. The summed E-state index contributed by atoms with van der Waals surface area (Å²) in [6.07, 6.45) is 9.70. The molecule has 1 saturated heterocycles. The fraction of sp³-hybridized carbons (Fsp3) is 0.636. The standard InChI is InChI=1S/C22H30N2OS/c1-21(2)9-10-22(3,4)18-13-15(5-6-17(18)21)19-14-26-20(23-19)24-11-7-16(25)8-12-24/h5-6,14,18H,7-13H2,1-4H3. The third kappa shape index (κ3) is 3.17. The van der Waals surface area contributed by atoms with Crippen LogP contribution in [0.15, 0.2) is 23.1 Å². The summed E-state index contributed by atoms with van der Waals surface area (Å²) < 4.78 is 0. The van der Waals surface area contributed by atoms with Crippen molar-refractivity contribution in [1.29, 1.82) is 0 Å². The molecule has 2 aliphatic carbocycles. The molecule has 0 amide bonds. The molecule has 2 fully saturated rings. The van der Waals surface area contributed by atoms with Gasteiger partial charge in [-0.15, -0.1) is 11.3 Å². The topological polar surface area (TPSA) is 33.2 Å². The van der Waals surface area contributed by atoms with Crippen molar-refractivity contribution >= 4 is 27.8 Å². The molecule has 4 heteroatoms. The zero-order valence-electron chi connectivity index (χ0n) is 16.5. The molecule has 0 N–H and O–H groups in total. The van der Waals surface area contributed by atoms with Gasteiger partial charge in [-0.25, -0.2) is 4.98 Å². The normalized spacial score (nSPS) is 27.6. The quantitative estimate of drug-likeness (QED) is 0.690. The minimum absolute atomic E-state index is 0.315. The van der Waals surface area contributed by atoms with E-state index < -0.39 is 0 Å². The second kappa shape index (κ2) is 6.33. The number of carbonyl (C=O) groups is 1. The van der Waals surface area contributed by atoms with E-state index in [1.165, 1.54) is 18.4 Å². The first-order chi connectivity index (χ1) is 12.3. The summed E-state index contributed by atoms with van der Waals surface area (Å²) in [5.41, 5.74) is 4.81. The number of nitrogens with zero attached hydrogens (tertiary/aromatic N) is 2. The van der Waals surface area contributed by atoms with E-state index in [1.54, 1.807) is 16.9 Å². The van der Waals surface area contributed by atoms with Crippen molar-refractivity contribution in [3.8, 4) is 0 Å². The molecule has 1 unspecified atom stereocenters. The van der Waals surface area contributed by atoms with Crippen LogP contribution in [0.4, 0.5) is 5.13 Å². The van der Waals surface area contributed by atoms with Gasteiger partial charge in [0.25, 0.3) is 0 Å². The Hall–Kier alpha value is -1.42. The molecule has 26 heavy (non-hydrogen) atoms. The van der Waals surface area contributed by atoms with Crippen LogP contribution >= 0.6 is 11.3 Å². The fourth-order valence-electron chi connectivity index (χ4n) is 4.75. The van der Waals surface area contributed by atoms with E-state index in [1.807, 2.05) is 0 Å². The van der Waals surface area contributed by atoms with Crippen molar-refractivity contribution in [2.45, 2.75) is 59.8 Å². The Morgan fingerprint density at radius 2 is 1.85 bits per heavy atom. The Kier molecular flexibility index (Phi) is 4.37. The number of hydrogen-bond acceptors (Lipinski definition) is 4. The molecule has 1 aromatic heterocycles. The smallest absolute Gasteiger partial charge is 0.185 e. The number of aromatic nitrogens is 1. The highest BCUT2D eigenvalue weighted by Crippen LogP contribution is 2.56. The minimum atomic E-state index is 0.315. The number of ketones is 1. The van der Waals surface area contributed by atoms with Crippen molar-refractivity contribution in [3.63, 3.8) is 0 Å². The van der Waals surface area contributed by atoms with E-state index in [4.69, 9.17) is 4.98 Å². The van der Waals surface area contributed by atoms with E-state index in [0.717, 1.165) is 30.3 Å². The van der Waals surface area contributed by atoms with Crippen LogP contribution in [0.1, 0.15) is 65.5 Å². The Labute approximate surface area is 161 Å². The maximum atomic E-state index is 11.5. The van der Waals surface area contributed by atoms with Crippen LogP contribution in [-0.4, -0.2) is 23.9 Å². The molecule has 1 atom stereocenters. The van der Waals surface area contributed by atoms with Crippen molar-refractivity contribution < 1.29 is 4.79 Å². The molecule has 2 heterocycles. The molecule has 4 rings (SSSR count). The number of carbonyl (C=O) groups excluding carboxylic acids is 1. The molecule has 3 aliphatic rings. The third-order valence-electron chi connectivity index (χ3n) is 6.80. The molecule has 0 spiro atoms. The zero-order chi connectivity index (χ0) is 18.5. The lowest BCUT2D eigenvalue weighted by Gasteiger charge is -2.50. The monoisotopic (exact) mass is 370 g/mol. The van der Waals surface area contributed by atoms with Crippen LogP contribution in [0.25, 0.3) is 5.57 Å². The van der Waals surface area contributed by atoms with E-state index in [-0.39, 0.29) is 0 Å². The number of thiazole rings is 1. The average molecular weight is 371 g/mol. The fourth-order valence-corrected chi connectivity index (χ4v) is 5.65. The van der Waals surface area contributed by atoms with Gasteiger partial charge in [0.1, 0.15) is 5.78 Å². The highest BCUT2D eigenvalue weighted by Gasteiger charge is 2.44. The number of anilines is 1. The summed E-state index contributed by atoms with van der Waals surface area (Å²) in [5.74, 6) is 0.997. The van der Waals surface area contributed by atoms with Crippen LogP contribution in [-0.2, 0) is 4.79 Å². The molecule has 1 saturated carbocycles. The van der Waals surface area contributed by atoms with Gasteiger partial charge in [0, 0.05) is 31.3 Å². The van der Waals surface area contributed by atoms with Gasteiger partial charge in [0.05, 0.1) is 5.69 Å². The first-order valence-corrected chi connectivity index (χ1v) is 10.8. The Morgan fingerprint density at radius 1 is 1.12 bits per heavy atom. The lowest BCUT2D eigenvalue weighted by molar-refractivity contribution is -0.119. The summed E-state index contributed by atoms with van der Waals surface area (Å²) in [6.45, 7) is 11.3. The second-order valence-electron chi connectivity index (χ2n) is 9.48.